The molecule has 4 rings (SSSR count). The van der Waals surface area contributed by atoms with Gasteiger partial charge in [0.25, 0.3) is 17.0 Å². The maximum absolute atomic E-state index is 13.6. The SMILES string of the molecule is CC(C)CC(C(=O)NC(=O)C1(NC(=O)c2ccccc2)CCCCC1)c1nnc(SCCN2CCOCC2)o1. The fraction of sp³-hybridized carbons (Fsp3) is 0.607. The highest BCUT2D eigenvalue weighted by Crippen LogP contribution is 2.31. The Morgan fingerprint density at radius 3 is 2.46 bits per heavy atom. The Hall–Kier alpha value is -2.76. The van der Waals surface area contributed by atoms with Crippen LogP contribution in [0.25, 0.3) is 0 Å². The molecule has 0 spiro atoms. The third-order valence-electron chi connectivity index (χ3n) is 7.25. The number of amides is 3. The minimum absolute atomic E-state index is 0.154. The lowest BCUT2D eigenvalue weighted by atomic mass is 9.80. The highest BCUT2D eigenvalue weighted by atomic mass is 32.2. The van der Waals surface area contributed by atoms with E-state index in [4.69, 9.17) is 9.15 Å². The standard InChI is InChI=1S/C28H39N5O5S/c1-20(2)19-22(25-31-32-27(38-25)39-18-15-33-13-16-37-17-14-33)24(35)29-26(36)28(11-7-4-8-12-28)30-23(34)21-9-5-3-6-10-21/h3,5-6,9-10,20,22H,4,7-8,11-19H2,1-2H3,(H,30,34)(H,29,35,36). The smallest absolute Gasteiger partial charge is 0.276 e. The number of hydrogen-bond acceptors (Lipinski definition) is 9. The molecule has 1 aromatic heterocycles. The van der Waals surface area contributed by atoms with E-state index in [9.17, 15) is 14.4 Å². The van der Waals surface area contributed by atoms with Gasteiger partial charge in [0, 0.05) is 31.0 Å². The predicted octanol–water partition coefficient (Wildman–Crippen LogP) is 3.40. The van der Waals surface area contributed by atoms with Crippen LogP contribution in [0.3, 0.4) is 0 Å². The number of aromatic nitrogens is 2. The summed E-state index contributed by atoms with van der Waals surface area (Å²) in [6.45, 7) is 8.20. The summed E-state index contributed by atoms with van der Waals surface area (Å²) in [6, 6.07) is 8.81. The summed E-state index contributed by atoms with van der Waals surface area (Å²) in [4.78, 5) is 42.4. The molecule has 2 fully saturated rings. The number of benzene rings is 1. The first-order valence-electron chi connectivity index (χ1n) is 13.9. The Morgan fingerprint density at radius 2 is 1.77 bits per heavy atom. The van der Waals surface area contributed by atoms with Crippen molar-refractivity contribution < 1.29 is 23.5 Å². The molecule has 1 saturated heterocycles. The second-order valence-electron chi connectivity index (χ2n) is 10.7. The second kappa shape index (κ2) is 14.0. The van der Waals surface area contributed by atoms with Crippen LogP contribution in [0, 0.1) is 5.92 Å². The van der Waals surface area contributed by atoms with Crippen molar-refractivity contribution in [2.24, 2.45) is 5.92 Å². The topological polar surface area (TPSA) is 127 Å². The van der Waals surface area contributed by atoms with Gasteiger partial charge in [0.1, 0.15) is 11.5 Å². The van der Waals surface area contributed by atoms with Crippen LogP contribution in [0.2, 0.25) is 0 Å². The number of nitrogens with one attached hydrogen (secondary N) is 2. The molecule has 1 unspecified atom stereocenters. The molecule has 2 N–H and O–H groups in total. The number of morpholine rings is 1. The van der Waals surface area contributed by atoms with Crippen LogP contribution in [0.1, 0.15) is 74.5 Å². The average molecular weight is 558 g/mol. The molecule has 1 atom stereocenters. The van der Waals surface area contributed by atoms with Gasteiger partial charge in [-0.25, -0.2) is 0 Å². The van der Waals surface area contributed by atoms with E-state index in [0.717, 1.165) is 57.9 Å². The fourth-order valence-corrected chi connectivity index (χ4v) is 5.83. The van der Waals surface area contributed by atoms with Crippen molar-refractivity contribution in [2.75, 3.05) is 38.6 Å². The normalized spacial score (nSPS) is 18.4. The molecule has 1 aliphatic heterocycles. The van der Waals surface area contributed by atoms with Crippen molar-refractivity contribution in [2.45, 2.75) is 69.1 Å². The van der Waals surface area contributed by atoms with Gasteiger partial charge >= 0.3 is 0 Å². The second-order valence-corrected chi connectivity index (χ2v) is 11.7. The lowest BCUT2D eigenvalue weighted by Crippen LogP contribution is -2.61. The molecular weight excluding hydrogens is 518 g/mol. The molecule has 1 aromatic carbocycles. The van der Waals surface area contributed by atoms with E-state index >= 15 is 0 Å². The van der Waals surface area contributed by atoms with Gasteiger partial charge in [-0.1, -0.05) is 63.1 Å². The molecule has 2 aromatic rings. The number of imide groups is 1. The number of carbonyl (C=O) groups is 3. The molecule has 3 amide bonds. The largest absolute Gasteiger partial charge is 0.415 e. The summed E-state index contributed by atoms with van der Waals surface area (Å²) < 4.78 is 11.3. The van der Waals surface area contributed by atoms with Gasteiger partial charge in [-0.3, -0.25) is 24.6 Å². The summed E-state index contributed by atoms with van der Waals surface area (Å²) in [5.41, 5.74) is -0.665. The molecule has 2 heterocycles. The Labute approximate surface area is 234 Å². The summed E-state index contributed by atoms with van der Waals surface area (Å²) in [6.07, 6.45) is 3.96. The maximum Gasteiger partial charge on any atom is 0.276 e. The van der Waals surface area contributed by atoms with Crippen molar-refractivity contribution in [3.63, 3.8) is 0 Å². The van der Waals surface area contributed by atoms with Gasteiger partial charge in [-0.2, -0.15) is 0 Å². The fourth-order valence-electron chi connectivity index (χ4n) is 5.06. The summed E-state index contributed by atoms with van der Waals surface area (Å²) >= 11 is 1.45. The minimum atomic E-state index is -1.14. The molecule has 0 bridgehead atoms. The van der Waals surface area contributed by atoms with Gasteiger partial charge in [0.15, 0.2) is 0 Å². The highest BCUT2D eigenvalue weighted by molar-refractivity contribution is 7.99. The van der Waals surface area contributed by atoms with E-state index in [1.54, 1.807) is 24.3 Å². The van der Waals surface area contributed by atoms with E-state index in [-0.39, 0.29) is 17.7 Å². The van der Waals surface area contributed by atoms with E-state index in [1.165, 1.54) is 11.8 Å². The zero-order valence-electron chi connectivity index (χ0n) is 22.8. The zero-order valence-corrected chi connectivity index (χ0v) is 23.6. The lowest BCUT2D eigenvalue weighted by Gasteiger charge is -2.36. The number of thioether (sulfide) groups is 1. The Kier molecular flexibility index (Phi) is 10.5. The van der Waals surface area contributed by atoms with Gasteiger partial charge in [0.05, 0.1) is 13.2 Å². The number of hydrogen-bond donors (Lipinski definition) is 2. The van der Waals surface area contributed by atoms with Crippen molar-refractivity contribution in [3.05, 3.63) is 41.8 Å². The van der Waals surface area contributed by atoms with Crippen molar-refractivity contribution >= 4 is 29.5 Å². The molecule has 1 aliphatic carbocycles. The molecule has 2 aliphatic rings. The molecular formula is C28H39N5O5S. The van der Waals surface area contributed by atoms with Crippen molar-refractivity contribution in [1.29, 1.82) is 0 Å². The van der Waals surface area contributed by atoms with E-state index < -0.39 is 23.3 Å². The number of carbonyl (C=O) groups excluding carboxylic acids is 3. The first-order chi connectivity index (χ1) is 18.9. The minimum Gasteiger partial charge on any atom is -0.415 e. The number of ether oxygens (including phenoxy) is 1. The third-order valence-corrected chi connectivity index (χ3v) is 8.05. The van der Waals surface area contributed by atoms with Crippen LogP contribution in [-0.2, 0) is 14.3 Å². The van der Waals surface area contributed by atoms with Gasteiger partial charge in [-0.05, 0) is 37.3 Å². The lowest BCUT2D eigenvalue weighted by molar-refractivity contribution is -0.136. The van der Waals surface area contributed by atoms with Crippen LogP contribution >= 0.6 is 11.8 Å². The number of nitrogens with zero attached hydrogens (tertiary/aromatic N) is 3. The Bertz CT molecular complexity index is 1100. The predicted molar refractivity (Wildman–Crippen MR) is 147 cm³/mol. The molecule has 212 valence electrons. The zero-order chi connectivity index (χ0) is 27.7. The summed E-state index contributed by atoms with van der Waals surface area (Å²) in [5, 5.41) is 14.3. The van der Waals surface area contributed by atoms with Crippen LogP contribution in [0.4, 0.5) is 0 Å². The van der Waals surface area contributed by atoms with E-state index in [0.29, 0.717) is 30.0 Å². The average Bonchev–Trinajstić information content (AvgIpc) is 3.41. The van der Waals surface area contributed by atoms with Crippen LogP contribution in [0.15, 0.2) is 40.0 Å². The first kappa shape index (κ1) is 29.2. The quantitative estimate of drug-likeness (QED) is 0.400. The van der Waals surface area contributed by atoms with Crippen LogP contribution < -0.4 is 10.6 Å². The monoisotopic (exact) mass is 557 g/mol. The molecule has 1 saturated carbocycles. The molecule has 11 heteroatoms. The van der Waals surface area contributed by atoms with E-state index in [1.807, 2.05) is 19.9 Å². The highest BCUT2D eigenvalue weighted by Gasteiger charge is 2.43. The summed E-state index contributed by atoms with van der Waals surface area (Å²) in [7, 11) is 0. The van der Waals surface area contributed by atoms with Gasteiger partial charge < -0.3 is 14.5 Å². The van der Waals surface area contributed by atoms with Crippen LogP contribution in [-0.4, -0.2) is 77.0 Å². The Morgan fingerprint density at radius 1 is 1.05 bits per heavy atom. The van der Waals surface area contributed by atoms with Gasteiger partial charge in [-0.15, -0.1) is 10.2 Å². The van der Waals surface area contributed by atoms with Crippen molar-refractivity contribution in [3.8, 4) is 0 Å². The molecule has 10 nitrogen and oxygen atoms in total. The van der Waals surface area contributed by atoms with E-state index in [2.05, 4.69) is 25.7 Å². The van der Waals surface area contributed by atoms with Crippen LogP contribution in [0.5, 0.6) is 0 Å². The Balaban J connectivity index is 1.41. The van der Waals surface area contributed by atoms with Gasteiger partial charge in [0.2, 0.25) is 11.8 Å². The van der Waals surface area contributed by atoms with Crippen molar-refractivity contribution in [1.82, 2.24) is 25.7 Å². The number of rotatable bonds is 11. The first-order valence-corrected chi connectivity index (χ1v) is 14.8. The molecule has 39 heavy (non-hydrogen) atoms. The summed E-state index contributed by atoms with van der Waals surface area (Å²) in [5.74, 6) is -0.915. The maximum atomic E-state index is 13.6. The molecule has 0 radical (unpaired) electrons. The third kappa shape index (κ3) is 8.12.